The van der Waals surface area contributed by atoms with Crippen molar-refractivity contribution >= 4 is 22.9 Å². The first-order valence-corrected chi connectivity index (χ1v) is 5.27. The van der Waals surface area contributed by atoms with Crippen molar-refractivity contribution in [3.8, 4) is 11.5 Å². The maximum Gasteiger partial charge on any atom is 0.277 e. The monoisotopic (exact) mass is 225 g/mol. The molecule has 17 heavy (non-hydrogen) atoms. The molecule has 2 heterocycles. The molecule has 0 radical (unpaired) electrons. The molecule has 1 amide bonds. The number of carbonyl (C=O) groups excluding carboxylic acids is 1. The number of aliphatic imine (C=N–C) groups is 1. The molecule has 0 N–H and O–H groups in total. The SMILES string of the molecule is O=C1N=Cc2cc3cc4c(cc3cc21)OCO4. The molecule has 0 spiro atoms. The van der Waals surface area contributed by atoms with Crippen molar-refractivity contribution in [2.45, 2.75) is 0 Å². The second-order valence-electron chi connectivity index (χ2n) is 4.06. The van der Waals surface area contributed by atoms with Crippen LogP contribution in [0.4, 0.5) is 0 Å². The number of fused-ring (bicyclic) bond motifs is 3. The molecule has 0 saturated heterocycles. The van der Waals surface area contributed by atoms with E-state index in [2.05, 4.69) is 4.99 Å². The Morgan fingerprint density at radius 2 is 1.71 bits per heavy atom. The Bertz CT molecular complexity index is 703. The van der Waals surface area contributed by atoms with Gasteiger partial charge in [-0.2, -0.15) is 0 Å². The molecule has 0 aromatic heterocycles. The summed E-state index contributed by atoms with van der Waals surface area (Å²) < 4.78 is 10.6. The molecule has 0 unspecified atom stereocenters. The van der Waals surface area contributed by atoms with Crippen LogP contribution >= 0.6 is 0 Å². The van der Waals surface area contributed by atoms with Gasteiger partial charge in [0.15, 0.2) is 11.5 Å². The van der Waals surface area contributed by atoms with E-state index in [1.807, 2.05) is 24.3 Å². The maximum atomic E-state index is 11.5. The van der Waals surface area contributed by atoms with Crippen LogP contribution < -0.4 is 9.47 Å². The smallest absolute Gasteiger partial charge is 0.277 e. The zero-order valence-electron chi connectivity index (χ0n) is 8.77. The summed E-state index contributed by atoms with van der Waals surface area (Å²) in [7, 11) is 0. The molecule has 4 rings (SSSR count). The summed E-state index contributed by atoms with van der Waals surface area (Å²) in [6.45, 7) is 0.256. The zero-order chi connectivity index (χ0) is 11.4. The molecule has 2 aromatic rings. The minimum atomic E-state index is -0.181. The van der Waals surface area contributed by atoms with Gasteiger partial charge in [0, 0.05) is 11.8 Å². The second-order valence-corrected chi connectivity index (χ2v) is 4.06. The van der Waals surface area contributed by atoms with E-state index < -0.39 is 0 Å². The molecule has 2 aliphatic heterocycles. The van der Waals surface area contributed by atoms with Crippen molar-refractivity contribution in [3.05, 3.63) is 35.4 Å². The van der Waals surface area contributed by atoms with Gasteiger partial charge in [-0.05, 0) is 35.0 Å². The number of rotatable bonds is 0. The first kappa shape index (κ1) is 8.75. The molecular weight excluding hydrogens is 218 g/mol. The molecule has 0 saturated carbocycles. The first-order chi connectivity index (χ1) is 8.31. The van der Waals surface area contributed by atoms with E-state index in [0.717, 1.165) is 27.8 Å². The Hall–Kier alpha value is -2.36. The van der Waals surface area contributed by atoms with Crippen molar-refractivity contribution in [1.82, 2.24) is 0 Å². The van der Waals surface area contributed by atoms with Gasteiger partial charge in [-0.1, -0.05) is 0 Å². The van der Waals surface area contributed by atoms with Crippen molar-refractivity contribution in [1.29, 1.82) is 0 Å². The fourth-order valence-corrected chi connectivity index (χ4v) is 2.20. The standard InChI is InChI=1S/C13H7NO3/c15-13-10-2-8-4-12-11(16-6-17-12)3-7(8)1-9(10)5-14-13/h1-5H,6H2. The molecule has 0 atom stereocenters. The van der Waals surface area contributed by atoms with Crippen LogP contribution in [0.1, 0.15) is 15.9 Å². The highest BCUT2D eigenvalue weighted by Crippen LogP contribution is 2.37. The molecule has 0 aliphatic carbocycles. The molecule has 0 fully saturated rings. The van der Waals surface area contributed by atoms with E-state index in [4.69, 9.17) is 9.47 Å². The fourth-order valence-electron chi connectivity index (χ4n) is 2.20. The molecule has 0 bridgehead atoms. The number of hydrogen-bond acceptors (Lipinski definition) is 3. The van der Waals surface area contributed by atoms with Crippen molar-refractivity contribution < 1.29 is 14.3 Å². The first-order valence-electron chi connectivity index (χ1n) is 5.27. The third-order valence-corrected chi connectivity index (χ3v) is 3.05. The van der Waals surface area contributed by atoms with Gasteiger partial charge < -0.3 is 9.47 Å². The number of benzene rings is 2. The average molecular weight is 225 g/mol. The number of ether oxygens (including phenoxy) is 2. The van der Waals surface area contributed by atoms with Gasteiger partial charge in [0.1, 0.15) is 0 Å². The Morgan fingerprint density at radius 3 is 2.47 bits per heavy atom. The Labute approximate surface area is 96.5 Å². The van der Waals surface area contributed by atoms with E-state index in [-0.39, 0.29) is 12.7 Å². The lowest BCUT2D eigenvalue weighted by Gasteiger charge is -2.03. The summed E-state index contributed by atoms with van der Waals surface area (Å²) in [6.07, 6.45) is 1.60. The highest BCUT2D eigenvalue weighted by atomic mass is 16.7. The van der Waals surface area contributed by atoms with Crippen LogP contribution in [-0.2, 0) is 0 Å². The van der Waals surface area contributed by atoms with Gasteiger partial charge in [0.05, 0.1) is 5.56 Å². The lowest BCUT2D eigenvalue weighted by molar-refractivity contribution is 0.101. The molecule has 2 aliphatic rings. The topological polar surface area (TPSA) is 47.9 Å². The van der Waals surface area contributed by atoms with Crippen LogP contribution in [0.3, 0.4) is 0 Å². The van der Waals surface area contributed by atoms with Gasteiger partial charge in [0.25, 0.3) is 5.91 Å². The predicted octanol–water partition coefficient (Wildman–Crippen LogP) is 2.14. The van der Waals surface area contributed by atoms with Crippen LogP contribution in [0.5, 0.6) is 11.5 Å². The summed E-state index contributed by atoms with van der Waals surface area (Å²) in [5, 5.41) is 1.99. The Kier molecular flexibility index (Phi) is 1.47. The van der Waals surface area contributed by atoms with Gasteiger partial charge in [-0.3, -0.25) is 4.79 Å². The van der Waals surface area contributed by atoms with Crippen LogP contribution in [0.15, 0.2) is 29.3 Å². The quantitative estimate of drug-likeness (QED) is 0.690. The van der Waals surface area contributed by atoms with Gasteiger partial charge in [0.2, 0.25) is 6.79 Å². The maximum absolute atomic E-state index is 11.5. The Balaban J connectivity index is 2.05. The molecular formula is C13H7NO3. The van der Waals surface area contributed by atoms with E-state index >= 15 is 0 Å². The molecule has 82 valence electrons. The summed E-state index contributed by atoms with van der Waals surface area (Å²) in [5.41, 5.74) is 1.51. The fraction of sp³-hybridized carbons (Fsp3) is 0.0769. The molecule has 4 nitrogen and oxygen atoms in total. The third kappa shape index (κ3) is 1.12. The largest absolute Gasteiger partial charge is 0.454 e. The average Bonchev–Trinajstić information content (AvgIpc) is 2.91. The third-order valence-electron chi connectivity index (χ3n) is 3.05. The lowest BCUT2D eigenvalue weighted by Crippen LogP contribution is -1.92. The number of amides is 1. The number of nitrogens with zero attached hydrogens (tertiary/aromatic N) is 1. The van der Waals surface area contributed by atoms with Crippen LogP contribution in [-0.4, -0.2) is 18.9 Å². The summed E-state index contributed by atoms with van der Waals surface area (Å²) in [4.78, 5) is 15.3. The minimum absolute atomic E-state index is 0.181. The summed E-state index contributed by atoms with van der Waals surface area (Å²) in [6, 6.07) is 7.61. The lowest BCUT2D eigenvalue weighted by atomic mass is 10.0. The van der Waals surface area contributed by atoms with Gasteiger partial charge in [-0.25, -0.2) is 4.99 Å². The summed E-state index contributed by atoms with van der Waals surface area (Å²) in [5.74, 6) is 1.29. The molecule has 4 heteroatoms. The highest BCUT2D eigenvalue weighted by Gasteiger charge is 2.19. The van der Waals surface area contributed by atoms with Gasteiger partial charge >= 0.3 is 0 Å². The van der Waals surface area contributed by atoms with E-state index in [1.165, 1.54) is 0 Å². The van der Waals surface area contributed by atoms with Gasteiger partial charge in [-0.15, -0.1) is 0 Å². The van der Waals surface area contributed by atoms with Crippen LogP contribution in [0, 0.1) is 0 Å². The number of carbonyl (C=O) groups is 1. The minimum Gasteiger partial charge on any atom is -0.454 e. The predicted molar refractivity (Wildman–Crippen MR) is 62.0 cm³/mol. The highest BCUT2D eigenvalue weighted by molar-refractivity contribution is 6.15. The van der Waals surface area contributed by atoms with E-state index in [9.17, 15) is 4.79 Å². The molecule has 2 aromatic carbocycles. The van der Waals surface area contributed by atoms with E-state index in [0.29, 0.717) is 5.56 Å². The summed E-state index contributed by atoms with van der Waals surface area (Å²) >= 11 is 0. The van der Waals surface area contributed by atoms with E-state index in [1.54, 1.807) is 6.21 Å². The zero-order valence-corrected chi connectivity index (χ0v) is 8.77. The Morgan fingerprint density at radius 1 is 1.00 bits per heavy atom. The van der Waals surface area contributed by atoms with Crippen molar-refractivity contribution in [2.75, 3.05) is 6.79 Å². The normalized spacial score (nSPS) is 15.6. The second kappa shape index (κ2) is 2.85. The van der Waals surface area contributed by atoms with Crippen LogP contribution in [0.25, 0.3) is 10.8 Å². The van der Waals surface area contributed by atoms with Crippen molar-refractivity contribution in [3.63, 3.8) is 0 Å². The van der Waals surface area contributed by atoms with Crippen LogP contribution in [0.2, 0.25) is 0 Å². The van der Waals surface area contributed by atoms with Crippen molar-refractivity contribution in [2.24, 2.45) is 4.99 Å². The number of hydrogen-bond donors (Lipinski definition) is 0.